The van der Waals surface area contributed by atoms with E-state index >= 15 is 0 Å². The first-order valence-corrected chi connectivity index (χ1v) is 11.9. The van der Waals surface area contributed by atoms with E-state index in [9.17, 15) is 14.4 Å². The summed E-state index contributed by atoms with van der Waals surface area (Å²) in [5.74, 6) is 0.965. The maximum atomic E-state index is 13.6. The number of pyridine rings is 1. The summed E-state index contributed by atoms with van der Waals surface area (Å²) in [5, 5.41) is 7.14. The van der Waals surface area contributed by atoms with Gasteiger partial charge in [0.2, 0.25) is 5.89 Å². The first kappa shape index (κ1) is 23.8. The van der Waals surface area contributed by atoms with Crippen LogP contribution in [0.4, 0.5) is 0 Å². The summed E-state index contributed by atoms with van der Waals surface area (Å²) in [7, 11) is 0. The highest BCUT2D eigenvalue weighted by molar-refractivity contribution is 6.05. The molecule has 1 unspecified atom stereocenters. The van der Waals surface area contributed by atoms with Gasteiger partial charge in [-0.15, -0.1) is 0 Å². The maximum Gasteiger partial charge on any atom is 0.330 e. The Hall–Kier alpha value is -3.30. The zero-order chi connectivity index (χ0) is 24.7. The number of nitrogens with one attached hydrogen (secondary N) is 2. The van der Waals surface area contributed by atoms with Gasteiger partial charge in [-0.1, -0.05) is 46.7 Å². The Labute approximate surface area is 197 Å². The number of rotatable bonds is 8. The van der Waals surface area contributed by atoms with Crippen LogP contribution in [0.15, 0.2) is 20.2 Å². The highest BCUT2D eigenvalue weighted by Crippen LogP contribution is 2.38. The standard InChI is InChI=1S/C24H32N6O4/c1-11(2)10-30-20-17(22(32)28-24(30)33)15(9-16(25-20)12(3)4)21(31)26-18(13(5)6)23-27-19(29-34-23)14-7-8-14/h9,11-14,18H,7-8,10H2,1-6H3,(H,26,31)(H,28,32,33). The number of hydrogen-bond donors (Lipinski definition) is 2. The molecule has 182 valence electrons. The summed E-state index contributed by atoms with van der Waals surface area (Å²) in [6.07, 6.45) is 2.08. The second kappa shape index (κ2) is 9.15. The third-order valence-corrected chi connectivity index (χ3v) is 5.97. The Bertz CT molecular complexity index is 1330. The lowest BCUT2D eigenvalue weighted by Crippen LogP contribution is -2.36. The molecule has 3 heterocycles. The lowest BCUT2D eigenvalue weighted by Gasteiger charge is -2.20. The SMILES string of the molecule is CC(C)Cn1c(=O)[nH]c(=O)c2c(C(=O)NC(c3nc(C4CC4)no3)C(C)C)cc(C(C)C)nc21. The summed E-state index contributed by atoms with van der Waals surface area (Å²) in [5.41, 5.74) is -0.170. The topological polar surface area (TPSA) is 136 Å². The molecule has 0 aromatic carbocycles. The van der Waals surface area contributed by atoms with Crippen LogP contribution in [0, 0.1) is 11.8 Å². The summed E-state index contributed by atoms with van der Waals surface area (Å²) in [6.45, 7) is 12.1. The Morgan fingerprint density at radius 3 is 2.47 bits per heavy atom. The molecule has 2 N–H and O–H groups in total. The van der Waals surface area contributed by atoms with Crippen LogP contribution in [0.2, 0.25) is 0 Å². The Kier molecular flexibility index (Phi) is 6.42. The van der Waals surface area contributed by atoms with Gasteiger partial charge in [-0.25, -0.2) is 9.78 Å². The molecular weight excluding hydrogens is 436 g/mol. The van der Waals surface area contributed by atoms with Gasteiger partial charge < -0.3 is 9.84 Å². The first-order chi connectivity index (χ1) is 16.1. The van der Waals surface area contributed by atoms with E-state index in [-0.39, 0.29) is 34.4 Å². The lowest BCUT2D eigenvalue weighted by atomic mass is 10.0. The minimum absolute atomic E-state index is 0.0178. The van der Waals surface area contributed by atoms with E-state index in [1.807, 2.05) is 41.5 Å². The van der Waals surface area contributed by atoms with E-state index < -0.39 is 23.2 Å². The number of aromatic nitrogens is 5. The van der Waals surface area contributed by atoms with Crippen molar-refractivity contribution in [1.82, 2.24) is 30.0 Å². The van der Waals surface area contributed by atoms with Gasteiger partial charge in [-0.05, 0) is 36.7 Å². The molecule has 3 aromatic rings. The smallest absolute Gasteiger partial charge is 0.330 e. The largest absolute Gasteiger partial charge is 0.340 e. The van der Waals surface area contributed by atoms with E-state index in [2.05, 4.69) is 25.4 Å². The zero-order valence-corrected chi connectivity index (χ0v) is 20.5. The first-order valence-electron chi connectivity index (χ1n) is 11.9. The normalized spacial score (nSPS) is 15.0. The number of nitrogens with zero attached hydrogens (tertiary/aromatic N) is 4. The van der Waals surface area contributed by atoms with Gasteiger partial charge in [0, 0.05) is 18.2 Å². The molecule has 3 aromatic heterocycles. The number of hydrogen-bond acceptors (Lipinski definition) is 7. The molecule has 0 spiro atoms. The van der Waals surface area contributed by atoms with Gasteiger partial charge in [0.25, 0.3) is 11.5 Å². The molecule has 0 bridgehead atoms. The lowest BCUT2D eigenvalue weighted by molar-refractivity contribution is 0.0915. The van der Waals surface area contributed by atoms with Crippen LogP contribution < -0.4 is 16.6 Å². The van der Waals surface area contributed by atoms with Gasteiger partial charge in [0.15, 0.2) is 11.5 Å². The van der Waals surface area contributed by atoms with E-state index in [1.165, 1.54) is 4.57 Å². The van der Waals surface area contributed by atoms with Crippen LogP contribution in [-0.4, -0.2) is 30.6 Å². The molecule has 10 nitrogen and oxygen atoms in total. The average molecular weight is 469 g/mol. The molecule has 4 rings (SSSR count). The van der Waals surface area contributed by atoms with E-state index in [1.54, 1.807) is 6.07 Å². The van der Waals surface area contributed by atoms with Crippen molar-refractivity contribution in [2.45, 2.75) is 78.8 Å². The van der Waals surface area contributed by atoms with Gasteiger partial charge in [-0.2, -0.15) is 4.98 Å². The van der Waals surface area contributed by atoms with Crippen molar-refractivity contribution in [2.24, 2.45) is 11.8 Å². The van der Waals surface area contributed by atoms with Crippen LogP contribution >= 0.6 is 0 Å². The number of aromatic amines is 1. The highest BCUT2D eigenvalue weighted by atomic mass is 16.5. The molecule has 34 heavy (non-hydrogen) atoms. The number of H-pyrrole nitrogens is 1. The molecule has 0 radical (unpaired) electrons. The number of amides is 1. The van der Waals surface area contributed by atoms with Crippen LogP contribution in [0.5, 0.6) is 0 Å². The van der Waals surface area contributed by atoms with Crippen LogP contribution in [0.1, 0.15) is 100 Å². The van der Waals surface area contributed by atoms with Gasteiger partial charge in [-0.3, -0.25) is 19.1 Å². The van der Waals surface area contributed by atoms with Gasteiger partial charge >= 0.3 is 5.69 Å². The second-order valence-electron chi connectivity index (χ2n) is 10.2. The van der Waals surface area contributed by atoms with Crippen molar-refractivity contribution in [3.8, 4) is 0 Å². The van der Waals surface area contributed by atoms with Crippen molar-refractivity contribution >= 4 is 16.9 Å². The monoisotopic (exact) mass is 468 g/mol. The molecule has 1 atom stereocenters. The fraction of sp³-hybridized carbons (Fsp3) is 0.583. The van der Waals surface area contributed by atoms with Crippen molar-refractivity contribution in [3.05, 3.63) is 49.9 Å². The summed E-state index contributed by atoms with van der Waals surface area (Å²) in [4.78, 5) is 50.5. The molecule has 0 aliphatic heterocycles. The quantitative estimate of drug-likeness (QED) is 0.518. The van der Waals surface area contributed by atoms with Crippen molar-refractivity contribution in [1.29, 1.82) is 0 Å². The van der Waals surface area contributed by atoms with Crippen LogP contribution in [0.3, 0.4) is 0 Å². The molecule has 0 saturated heterocycles. The van der Waals surface area contributed by atoms with Crippen molar-refractivity contribution < 1.29 is 9.32 Å². The molecule has 1 aliphatic carbocycles. The molecule has 10 heteroatoms. The van der Waals surface area contributed by atoms with E-state index in [0.29, 0.717) is 29.9 Å². The Balaban J connectivity index is 1.82. The molecule has 1 fully saturated rings. The maximum absolute atomic E-state index is 13.6. The van der Waals surface area contributed by atoms with Crippen LogP contribution in [-0.2, 0) is 6.54 Å². The summed E-state index contributed by atoms with van der Waals surface area (Å²) < 4.78 is 6.91. The fourth-order valence-electron chi connectivity index (χ4n) is 3.92. The molecule has 1 aliphatic rings. The van der Waals surface area contributed by atoms with E-state index in [0.717, 1.165) is 12.8 Å². The second-order valence-corrected chi connectivity index (χ2v) is 10.2. The van der Waals surface area contributed by atoms with Crippen molar-refractivity contribution in [3.63, 3.8) is 0 Å². The summed E-state index contributed by atoms with van der Waals surface area (Å²) >= 11 is 0. The summed E-state index contributed by atoms with van der Waals surface area (Å²) in [6, 6.07) is 1.10. The molecular formula is C24H32N6O4. The third kappa shape index (κ3) is 4.67. The molecule has 1 saturated carbocycles. The zero-order valence-electron chi connectivity index (χ0n) is 20.5. The van der Waals surface area contributed by atoms with Crippen molar-refractivity contribution in [2.75, 3.05) is 0 Å². The Morgan fingerprint density at radius 2 is 1.88 bits per heavy atom. The van der Waals surface area contributed by atoms with Gasteiger partial charge in [0.05, 0.1) is 10.9 Å². The Morgan fingerprint density at radius 1 is 1.18 bits per heavy atom. The van der Waals surface area contributed by atoms with E-state index in [4.69, 9.17) is 4.52 Å². The molecule has 1 amide bonds. The fourth-order valence-corrected chi connectivity index (χ4v) is 3.92. The predicted molar refractivity (Wildman–Crippen MR) is 127 cm³/mol. The minimum Gasteiger partial charge on any atom is -0.340 e. The number of carbonyl (C=O) groups excluding carboxylic acids is 1. The number of carbonyl (C=O) groups is 1. The predicted octanol–water partition coefficient (Wildman–Crippen LogP) is 3.25. The average Bonchev–Trinajstić information content (AvgIpc) is 3.50. The minimum atomic E-state index is -0.636. The third-order valence-electron chi connectivity index (χ3n) is 5.97. The highest BCUT2D eigenvalue weighted by Gasteiger charge is 2.32. The van der Waals surface area contributed by atoms with Crippen LogP contribution in [0.25, 0.3) is 11.0 Å². The number of fused-ring (bicyclic) bond motifs is 1. The van der Waals surface area contributed by atoms with Gasteiger partial charge in [0.1, 0.15) is 6.04 Å².